The third-order valence-electron chi connectivity index (χ3n) is 5.02. The molecule has 27 heavy (non-hydrogen) atoms. The Morgan fingerprint density at radius 2 is 2.07 bits per heavy atom. The average molecular weight is 368 g/mol. The van der Waals surface area contributed by atoms with E-state index < -0.39 is 5.60 Å². The number of nitrogens with zero attached hydrogens (tertiary/aromatic N) is 4. The van der Waals surface area contributed by atoms with E-state index >= 15 is 0 Å². The van der Waals surface area contributed by atoms with Crippen molar-refractivity contribution in [3.63, 3.8) is 0 Å². The second kappa shape index (κ2) is 9.06. The van der Waals surface area contributed by atoms with Crippen molar-refractivity contribution in [3.05, 3.63) is 60.2 Å². The number of aliphatic hydroxyl groups is 1. The predicted octanol–water partition coefficient (Wildman–Crippen LogP) is 1.89. The van der Waals surface area contributed by atoms with E-state index in [9.17, 15) is 9.90 Å². The number of carbonyl (C=O) groups is 1. The lowest BCUT2D eigenvalue weighted by Gasteiger charge is -2.40. The zero-order chi connectivity index (χ0) is 19.1. The van der Waals surface area contributed by atoms with Crippen LogP contribution in [0.2, 0.25) is 0 Å². The smallest absolute Gasteiger partial charge is 0.255 e. The quantitative estimate of drug-likeness (QED) is 0.771. The van der Waals surface area contributed by atoms with Gasteiger partial charge in [-0.25, -0.2) is 0 Å². The summed E-state index contributed by atoms with van der Waals surface area (Å²) in [6.07, 6.45) is 8.17. The summed E-state index contributed by atoms with van der Waals surface area (Å²) in [5.74, 6) is -0.146. The second-order valence-electron chi connectivity index (χ2n) is 7.39. The Bertz CT molecular complexity index is 725. The Labute approximate surface area is 160 Å². The molecule has 0 spiro atoms. The van der Waals surface area contributed by atoms with Crippen LogP contribution in [0.25, 0.3) is 0 Å². The molecule has 6 heteroatoms. The summed E-state index contributed by atoms with van der Waals surface area (Å²) < 4.78 is 0. The summed E-state index contributed by atoms with van der Waals surface area (Å²) in [6, 6.07) is 10.3. The van der Waals surface area contributed by atoms with Crippen molar-refractivity contribution in [1.82, 2.24) is 19.8 Å². The van der Waals surface area contributed by atoms with Crippen LogP contribution < -0.4 is 0 Å². The van der Waals surface area contributed by atoms with Gasteiger partial charge in [-0.05, 0) is 38.3 Å². The second-order valence-corrected chi connectivity index (χ2v) is 7.39. The number of carbonyl (C=O) groups excluding carboxylic acids is 1. The van der Waals surface area contributed by atoms with Crippen LogP contribution in [0.4, 0.5) is 0 Å². The highest BCUT2D eigenvalue weighted by molar-refractivity contribution is 5.86. The van der Waals surface area contributed by atoms with Crippen LogP contribution in [0.15, 0.2) is 48.9 Å². The Hall–Kier alpha value is -2.31. The molecular formula is C21H28N4O2. The van der Waals surface area contributed by atoms with Crippen molar-refractivity contribution < 1.29 is 9.90 Å². The maximum Gasteiger partial charge on any atom is 0.255 e. The lowest BCUT2D eigenvalue weighted by atomic mass is 9.91. The monoisotopic (exact) mass is 368 g/mol. The Balaban J connectivity index is 1.53. The van der Waals surface area contributed by atoms with E-state index in [1.807, 2.05) is 35.0 Å². The minimum Gasteiger partial charge on any atom is -0.379 e. The summed E-state index contributed by atoms with van der Waals surface area (Å²) in [4.78, 5) is 25.0. The van der Waals surface area contributed by atoms with Gasteiger partial charge in [-0.1, -0.05) is 30.3 Å². The molecule has 1 atom stereocenters. The summed E-state index contributed by atoms with van der Waals surface area (Å²) in [5, 5.41) is 11.0. The highest BCUT2D eigenvalue weighted by atomic mass is 16.3. The summed E-state index contributed by atoms with van der Waals surface area (Å²) in [6.45, 7) is 2.27. The van der Waals surface area contributed by atoms with Gasteiger partial charge in [0.25, 0.3) is 5.91 Å². The van der Waals surface area contributed by atoms with Crippen molar-refractivity contribution in [2.45, 2.75) is 37.8 Å². The number of benzene rings is 1. The molecule has 0 radical (unpaired) electrons. The highest BCUT2D eigenvalue weighted by Crippen LogP contribution is 2.24. The third kappa shape index (κ3) is 5.34. The van der Waals surface area contributed by atoms with Gasteiger partial charge in [-0.3, -0.25) is 19.7 Å². The molecule has 2 heterocycles. The molecule has 1 aromatic carbocycles. The van der Waals surface area contributed by atoms with E-state index in [0.717, 1.165) is 31.5 Å². The van der Waals surface area contributed by atoms with E-state index in [1.54, 1.807) is 18.6 Å². The largest absolute Gasteiger partial charge is 0.379 e. The molecule has 1 amide bonds. The standard InChI is InChI=1S/C21H28N4O2/c1-24(16-19-15-22-11-12-23-19)17-21(27)10-6-14-25(20(21)26)13-5-9-18-7-3-2-4-8-18/h2-4,7-8,11-12,15,27H,5-6,9-10,13-14,16-17H2,1H3. The van der Waals surface area contributed by atoms with Crippen LogP contribution in [-0.4, -0.2) is 63.1 Å². The number of piperidine rings is 1. The molecule has 0 aliphatic carbocycles. The van der Waals surface area contributed by atoms with Gasteiger partial charge in [0, 0.05) is 44.8 Å². The van der Waals surface area contributed by atoms with Gasteiger partial charge in [-0.2, -0.15) is 0 Å². The molecule has 144 valence electrons. The van der Waals surface area contributed by atoms with Gasteiger partial charge in [-0.15, -0.1) is 0 Å². The Kier molecular flexibility index (Phi) is 6.53. The van der Waals surface area contributed by atoms with Gasteiger partial charge in [0.1, 0.15) is 0 Å². The lowest BCUT2D eigenvalue weighted by Crippen LogP contribution is -2.58. The van der Waals surface area contributed by atoms with Crippen molar-refractivity contribution >= 4 is 5.91 Å². The number of aromatic nitrogens is 2. The molecule has 1 aromatic heterocycles. The molecule has 1 unspecified atom stereocenters. The van der Waals surface area contributed by atoms with Gasteiger partial charge in [0.05, 0.1) is 5.69 Å². The number of rotatable bonds is 8. The summed E-state index contributed by atoms with van der Waals surface area (Å²) in [5.41, 5.74) is 0.787. The van der Waals surface area contributed by atoms with Crippen LogP contribution in [0.3, 0.4) is 0 Å². The first kappa shape index (κ1) is 19.5. The lowest BCUT2D eigenvalue weighted by molar-refractivity contribution is -0.159. The Morgan fingerprint density at radius 3 is 2.81 bits per heavy atom. The first-order valence-electron chi connectivity index (χ1n) is 9.56. The van der Waals surface area contributed by atoms with Crippen molar-refractivity contribution in [2.75, 3.05) is 26.7 Å². The SMILES string of the molecule is CN(Cc1cnccn1)CC1(O)CCCN(CCCc2ccccc2)C1=O. The van der Waals surface area contributed by atoms with E-state index in [-0.39, 0.29) is 5.91 Å². The minimum absolute atomic E-state index is 0.146. The van der Waals surface area contributed by atoms with E-state index in [2.05, 4.69) is 22.1 Å². The number of aryl methyl sites for hydroxylation is 1. The highest BCUT2D eigenvalue weighted by Gasteiger charge is 2.42. The van der Waals surface area contributed by atoms with Crippen molar-refractivity contribution in [2.24, 2.45) is 0 Å². The van der Waals surface area contributed by atoms with Crippen LogP contribution >= 0.6 is 0 Å². The minimum atomic E-state index is -1.32. The maximum atomic E-state index is 12.9. The molecule has 1 N–H and O–H groups in total. The average Bonchev–Trinajstić information content (AvgIpc) is 2.67. The van der Waals surface area contributed by atoms with E-state index in [4.69, 9.17) is 0 Å². The fourth-order valence-electron chi connectivity index (χ4n) is 3.73. The fourth-order valence-corrected chi connectivity index (χ4v) is 3.73. The molecule has 1 aliphatic rings. The molecule has 2 aromatic rings. The molecule has 1 fully saturated rings. The van der Waals surface area contributed by atoms with E-state index in [0.29, 0.717) is 26.1 Å². The number of likely N-dealkylation sites (tertiary alicyclic amines) is 1. The van der Waals surface area contributed by atoms with E-state index in [1.165, 1.54) is 5.56 Å². The zero-order valence-electron chi connectivity index (χ0n) is 15.9. The zero-order valence-corrected chi connectivity index (χ0v) is 15.9. The number of amides is 1. The fraction of sp³-hybridized carbons (Fsp3) is 0.476. The first-order valence-corrected chi connectivity index (χ1v) is 9.56. The molecular weight excluding hydrogens is 340 g/mol. The topological polar surface area (TPSA) is 69.6 Å². The van der Waals surface area contributed by atoms with Gasteiger partial charge >= 0.3 is 0 Å². The van der Waals surface area contributed by atoms with Crippen LogP contribution in [0.5, 0.6) is 0 Å². The molecule has 0 saturated carbocycles. The predicted molar refractivity (Wildman–Crippen MR) is 104 cm³/mol. The number of likely N-dealkylation sites (N-methyl/N-ethyl adjacent to an activating group) is 1. The van der Waals surface area contributed by atoms with Crippen molar-refractivity contribution in [1.29, 1.82) is 0 Å². The summed E-state index contributed by atoms with van der Waals surface area (Å²) >= 11 is 0. The van der Waals surface area contributed by atoms with Gasteiger partial charge in [0.2, 0.25) is 0 Å². The first-order chi connectivity index (χ1) is 13.1. The maximum absolute atomic E-state index is 12.9. The van der Waals surface area contributed by atoms with Crippen LogP contribution in [0.1, 0.15) is 30.5 Å². The molecule has 1 aliphatic heterocycles. The number of hydrogen-bond donors (Lipinski definition) is 1. The van der Waals surface area contributed by atoms with Crippen molar-refractivity contribution in [3.8, 4) is 0 Å². The molecule has 3 rings (SSSR count). The normalized spacial score (nSPS) is 20.3. The Morgan fingerprint density at radius 1 is 1.26 bits per heavy atom. The van der Waals surface area contributed by atoms with Gasteiger partial charge < -0.3 is 10.0 Å². The molecule has 1 saturated heterocycles. The third-order valence-corrected chi connectivity index (χ3v) is 5.02. The number of hydrogen-bond acceptors (Lipinski definition) is 5. The summed E-state index contributed by atoms with van der Waals surface area (Å²) in [7, 11) is 1.90. The van der Waals surface area contributed by atoms with Crippen LogP contribution in [0, 0.1) is 0 Å². The molecule has 6 nitrogen and oxygen atoms in total. The van der Waals surface area contributed by atoms with Gasteiger partial charge in [0.15, 0.2) is 5.60 Å². The molecule has 0 bridgehead atoms. The van der Waals surface area contributed by atoms with Crippen LogP contribution in [-0.2, 0) is 17.8 Å².